The SMILES string of the molecule is Cn1ncc2c(NC(=O)C3CC4C=CC3C4)ccnc21. The second kappa shape index (κ2) is 4.16. The van der Waals surface area contributed by atoms with Gasteiger partial charge in [-0.05, 0) is 30.7 Å². The summed E-state index contributed by atoms with van der Waals surface area (Å²) in [6.45, 7) is 0. The largest absolute Gasteiger partial charge is 0.325 e. The van der Waals surface area contributed by atoms with Gasteiger partial charge < -0.3 is 5.32 Å². The molecule has 2 aromatic heterocycles. The van der Waals surface area contributed by atoms with Crippen LogP contribution in [-0.4, -0.2) is 20.7 Å². The lowest BCUT2D eigenvalue weighted by Gasteiger charge is -2.17. The van der Waals surface area contributed by atoms with E-state index in [1.165, 1.54) is 0 Å². The zero-order valence-corrected chi connectivity index (χ0v) is 11.3. The minimum atomic E-state index is 0.116. The lowest BCUT2D eigenvalue weighted by atomic mass is 9.93. The summed E-state index contributed by atoms with van der Waals surface area (Å²) in [5, 5.41) is 8.14. The van der Waals surface area contributed by atoms with Crippen LogP contribution >= 0.6 is 0 Å². The predicted molar refractivity (Wildman–Crippen MR) is 76.0 cm³/mol. The summed E-state index contributed by atoms with van der Waals surface area (Å²) in [5.41, 5.74) is 1.59. The Labute approximate surface area is 116 Å². The smallest absolute Gasteiger partial charge is 0.228 e. The van der Waals surface area contributed by atoms with Crippen molar-refractivity contribution in [1.82, 2.24) is 14.8 Å². The van der Waals surface area contributed by atoms with Gasteiger partial charge in [0.05, 0.1) is 17.3 Å². The fourth-order valence-electron chi connectivity index (χ4n) is 3.46. The maximum atomic E-state index is 12.5. The van der Waals surface area contributed by atoms with Gasteiger partial charge in [0.15, 0.2) is 5.65 Å². The summed E-state index contributed by atoms with van der Waals surface area (Å²) >= 11 is 0. The van der Waals surface area contributed by atoms with Gasteiger partial charge in [-0.2, -0.15) is 5.10 Å². The molecule has 0 radical (unpaired) electrons. The van der Waals surface area contributed by atoms with Crippen molar-refractivity contribution >= 4 is 22.6 Å². The molecule has 3 unspecified atom stereocenters. The molecule has 2 aliphatic rings. The van der Waals surface area contributed by atoms with Crippen LogP contribution in [0.1, 0.15) is 12.8 Å². The van der Waals surface area contributed by atoms with E-state index in [2.05, 4.69) is 27.6 Å². The van der Waals surface area contributed by atoms with Crippen LogP contribution in [-0.2, 0) is 11.8 Å². The Morgan fingerprint density at radius 3 is 3.05 bits per heavy atom. The molecule has 4 rings (SSSR count). The van der Waals surface area contributed by atoms with Gasteiger partial charge in [-0.3, -0.25) is 9.48 Å². The van der Waals surface area contributed by atoms with Gasteiger partial charge in [0.1, 0.15) is 0 Å². The van der Waals surface area contributed by atoms with Gasteiger partial charge >= 0.3 is 0 Å². The number of hydrogen-bond donors (Lipinski definition) is 1. The lowest BCUT2D eigenvalue weighted by Crippen LogP contribution is -2.26. The molecule has 2 aromatic rings. The highest BCUT2D eigenvalue weighted by atomic mass is 16.1. The van der Waals surface area contributed by atoms with Crippen molar-refractivity contribution in [3.8, 4) is 0 Å². The Bertz CT molecular complexity index is 718. The number of amides is 1. The average Bonchev–Trinajstić information content (AvgIpc) is 3.15. The quantitative estimate of drug-likeness (QED) is 0.849. The number of rotatable bonds is 2. The molecule has 2 heterocycles. The number of nitrogens with zero attached hydrogens (tertiary/aromatic N) is 3. The number of anilines is 1. The first-order valence-electron chi connectivity index (χ1n) is 6.98. The molecular weight excluding hydrogens is 252 g/mol. The molecule has 1 N–H and O–H groups in total. The molecule has 0 aromatic carbocycles. The Kier molecular flexibility index (Phi) is 2.42. The molecular formula is C15H16N4O. The molecule has 1 saturated carbocycles. The lowest BCUT2D eigenvalue weighted by molar-refractivity contribution is -0.120. The summed E-state index contributed by atoms with van der Waals surface area (Å²) < 4.78 is 1.71. The summed E-state index contributed by atoms with van der Waals surface area (Å²) in [6.07, 6.45) is 10.0. The second-order valence-electron chi connectivity index (χ2n) is 5.74. The van der Waals surface area contributed by atoms with Crippen LogP contribution in [0.15, 0.2) is 30.6 Å². The van der Waals surface area contributed by atoms with Crippen LogP contribution in [0.25, 0.3) is 11.0 Å². The molecule has 5 nitrogen and oxygen atoms in total. The fourth-order valence-corrected chi connectivity index (χ4v) is 3.46. The number of fused-ring (bicyclic) bond motifs is 3. The molecule has 2 bridgehead atoms. The Hall–Kier alpha value is -2.17. The van der Waals surface area contributed by atoms with E-state index in [-0.39, 0.29) is 11.8 Å². The number of allylic oxidation sites excluding steroid dienone is 2. The van der Waals surface area contributed by atoms with E-state index in [1.54, 1.807) is 17.1 Å². The molecule has 20 heavy (non-hydrogen) atoms. The molecule has 0 aliphatic heterocycles. The first kappa shape index (κ1) is 11.6. The minimum Gasteiger partial charge on any atom is -0.325 e. The fraction of sp³-hybridized carbons (Fsp3) is 0.400. The van der Waals surface area contributed by atoms with Crippen molar-refractivity contribution in [3.63, 3.8) is 0 Å². The summed E-state index contributed by atoms with van der Waals surface area (Å²) in [7, 11) is 1.85. The molecule has 0 spiro atoms. The molecule has 5 heteroatoms. The van der Waals surface area contributed by atoms with Gasteiger partial charge in [0, 0.05) is 19.2 Å². The van der Waals surface area contributed by atoms with Gasteiger partial charge in [-0.25, -0.2) is 4.98 Å². The van der Waals surface area contributed by atoms with Crippen LogP contribution < -0.4 is 5.32 Å². The molecule has 2 aliphatic carbocycles. The molecule has 0 saturated heterocycles. The van der Waals surface area contributed by atoms with Crippen molar-refractivity contribution in [2.75, 3.05) is 5.32 Å². The van der Waals surface area contributed by atoms with Gasteiger partial charge in [-0.15, -0.1) is 0 Å². The zero-order chi connectivity index (χ0) is 13.7. The Morgan fingerprint density at radius 2 is 2.30 bits per heavy atom. The topological polar surface area (TPSA) is 59.8 Å². The van der Waals surface area contributed by atoms with Gasteiger partial charge in [-0.1, -0.05) is 12.2 Å². The third-order valence-electron chi connectivity index (χ3n) is 4.51. The molecule has 3 atom stereocenters. The van der Waals surface area contributed by atoms with Gasteiger partial charge in [0.25, 0.3) is 0 Å². The highest BCUT2D eigenvalue weighted by molar-refractivity contribution is 6.01. The van der Waals surface area contributed by atoms with E-state index in [1.807, 2.05) is 13.1 Å². The number of aromatic nitrogens is 3. The number of aryl methyl sites for hydroxylation is 1. The third-order valence-corrected chi connectivity index (χ3v) is 4.51. The van der Waals surface area contributed by atoms with Crippen molar-refractivity contribution in [2.24, 2.45) is 24.8 Å². The number of nitrogens with one attached hydrogen (secondary N) is 1. The van der Waals surface area contributed by atoms with Crippen molar-refractivity contribution < 1.29 is 4.79 Å². The molecule has 1 fully saturated rings. The number of hydrogen-bond acceptors (Lipinski definition) is 3. The monoisotopic (exact) mass is 268 g/mol. The maximum absolute atomic E-state index is 12.5. The van der Waals surface area contributed by atoms with E-state index in [9.17, 15) is 4.79 Å². The summed E-state index contributed by atoms with van der Waals surface area (Å²) in [6, 6.07) is 1.84. The zero-order valence-electron chi connectivity index (χ0n) is 11.3. The van der Waals surface area contributed by atoms with Crippen LogP contribution in [0.4, 0.5) is 5.69 Å². The van der Waals surface area contributed by atoms with E-state index < -0.39 is 0 Å². The van der Waals surface area contributed by atoms with Crippen LogP contribution in [0.3, 0.4) is 0 Å². The molecule has 1 amide bonds. The van der Waals surface area contributed by atoms with Crippen LogP contribution in [0.5, 0.6) is 0 Å². The highest BCUT2D eigenvalue weighted by Gasteiger charge is 2.39. The van der Waals surface area contributed by atoms with Crippen LogP contribution in [0.2, 0.25) is 0 Å². The van der Waals surface area contributed by atoms with Crippen molar-refractivity contribution in [3.05, 3.63) is 30.6 Å². The Balaban J connectivity index is 1.61. The van der Waals surface area contributed by atoms with Crippen molar-refractivity contribution in [2.45, 2.75) is 12.8 Å². The maximum Gasteiger partial charge on any atom is 0.228 e. The van der Waals surface area contributed by atoms with Crippen LogP contribution in [0, 0.1) is 17.8 Å². The standard InChI is InChI=1S/C15H16N4O/c1-19-14-12(8-17-19)13(4-5-16-14)18-15(20)11-7-9-2-3-10(11)6-9/h2-5,8-11H,6-7H2,1H3,(H,16,18,20). The molecule has 102 valence electrons. The first-order valence-corrected chi connectivity index (χ1v) is 6.98. The van der Waals surface area contributed by atoms with E-state index in [0.29, 0.717) is 11.8 Å². The van der Waals surface area contributed by atoms with E-state index in [4.69, 9.17) is 0 Å². The minimum absolute atomic E-state index is 0.116. The van der Waals surface area contributed by atoms with E-state index in [0.717, 1.165) is 29.6 Å². The average molecular weight is 268 g/mol. The first-order chi connectivity index (χ1) is 9.72. The summed E-state index contributed by atoms with van der Waals surface area (Å²) in [5.74, 6) is 1.26. The van der Waals surface area contributed by atoms with E-state index >= 15 is 0 Å². The van der Waals surface area contributed by atoms with Crippen molar-refractivity contribution in [1.29, 1.82) is 0 Å². The highest BCUT2D eigenvalue weighted by Crippen LogP contribution is 2.43. The van der Waals surface area contributed by atoms with Gasteiger partial charge in [0.2, 0.25) is 5.91 Å². The number of carbonyl (C=O) groups excluding carboxylic acids is 1. The third kappa shape index (κ3) is 1.66. The Morgan fingerprint density at radius 1 is 1.40 bits per heavy atom. The number of pyridine rings is 1. The predicted octanol–water partition coefficient (Wildman–Crippen LogP) is 2.12. The summed E-state index contributed by atoms with van der Waals surface area (Å²) in [4.78, 5) is 16.7. The second-order valence-corrected chi connectivity index (χ2v) is 5.74. The normalized spacial score (nSPS) is 27.4. The number of carbonyl (C=O) groups is 1.